The molecule has 0 spiro atoms. The largest absolute Gasteiger partial charge is 0.454 e. The number of nitrogens with zero attached hydrogens (tertiary/aromatic N) is 1. The average molecular weight is 440 g/mol. The smallest absolute Gasteiger partial charge is 0.231 e. The van der Waals surface area contributed by atoms with E-state index in [1.54, 1.807) is 0 Å². The summed E-state index contributed by atoms with van der Waals surface area (Å²) in [6, 6.07) is 4.78. The highest BCUT2D eigenvalue weighted by molar-refractivity contribution is 9.10. The Kier molecular flexibility index (Phi) is 7.50. The van der Waals surface area contributed by atoms with Crippen LogP contribution in [0.2, 0.25) is 0 Å². The zero-order valence-corrected chi connectivity index (χ0v) is 16.9. The molecular formula is C17H25BrCl2N2O2. The quantitative estimate of drug-likeness (QED) is 0.766. The van der Waals surface area contributed by atoms with E-state index >= 15 is 0 Å². The molecule has 1 aromatic carbocycles. The number of nitrogens with one attached hydrogen (secondary N) is 1. The molecule has 1 saturated carbocycles. The van der Waals surface area contributed by atoms with Crippen LogP contribution in [0.25, 0.3) is 0 Å². The van der Waals surface area contributed by atoms with Crippen LogP contribution in [0, 0.1) is 5.92 Å². The molecule has 0 aromatic heterocycles. The number of ether oxygens (including phenoxy) is 2. The molecule has 0 unspecified atom stereocenters. The van der Waals surface area contributed by atoms with Gasteiger partial charge in [0.25, 0.3) is 0 Å². The second-order valence-electron chi connectivity index (χ2n) is 6.50. The van der Waals surface area contributed by atoms with Crippen LogP contribution in [0.15, 0.2) is 16.6 Å². The predicted molar refractivity (Wildman–Crippen MR) is 104 cm³/mol. The molecule has 136 valence electrons. The maximum Gasteiger partial charge on any atom is 0.231 e. The molecule has 1 atom stereocenters. The van der Waals surface area contributed by atoms with Crippen molar-refractivity contribution in [3.63, 3.8) is 0 Å². The highest BCUT2D eigenvalue weighted by Crippen LogP contribution is 2.46. The molecule has 4 rings (SSSR count). The number of benzene rings is 1. The maximum atomic E-state index is 5.62. The van der Waals surface area contributed by atoms with Crippen molar-refractivity contribution in [3.8, 4) is 11.5 Å². The second kappa shape index (κ2) is 8.95. The molecule has 0 bridgehead atoms. The van der Waals surface area contributed by atoms with Gasteiger partial charge in [0.15, 0.2) is 11.5 Å². The minimum absolute atomic E-state index is 0. The fourth-order valence-corrected chi connectivity index (χ4v) is 4.70. The van der Waals surface area contributed by atoms with E-state index < -0.39 is 0 Å². The van der Waals surface area contributed by atoms with Crippen molar-refractivity contribution in [2.75, 3.05) is 33.0 Å². The zero-order valence-electron chi connectivity index (χ0n) is 13.6. The molecule has 24 heavy (non-hydrogen) atoms. The van der Waals surface area contributed by atoms with Gasteiger partial charge >= 0.3 is 0 Å². The van der Waals surface area contributed by atoms with Gasteiger partial charge in [0.2, 0.25) is 6.79 Å². The van der Waals surface area contributed by atoms with Crippen molar-refractivity contribution >= 4 is 40.7 Å². The Hall–Kier alpha value is -0.200. The summed E-state index contributed by atoms with van der Waals surface area (Å²) in [5.74, 6) is 2.52. The summed E-state index contributed by atoms with van der Waals surface area (Å²) in [5.41, 5.74) is 1.37. The Balaban J connectivity index is 0.00000104. The van der Waals surface area contributed by atoms with Crippen molar-refractivity contribution in [2.24, 2.45) is 5.92 Å². The number of rotatable bonds is 3. The van der Waals surface area contributed by atoms with Crippen molar-refractivity contribution in [1.82, 2.24) is 10.2 Å². The lowest BCUT2D eigenvalue weighted by Crippen LogP contribution is -2.46. The normalized spacial score (nSPS) is 21.9. The summed E-state index contributed by atoms with van der Waals surface area (Å²) in [6.07, 6.45) is 5.43. The molecular weight excluding hydrogens is 415 g/mol. The van der Waals surface area contributed by atoms with Crippen LogP contribution in [0.4, 0.5) is 0 Å². The van der Waals surface area contributed by atoms with Gasteiger partial charge in [0, 0.05) is 36.7 Å². The van der Waals surface area contributed by atoms with Crippen LogP contribution in [-0.2, 0) is 0 Å². The van der Waals surface area contributed by atoms with Crippen molar-refractivity contribution in [1.29, 1.82) is 0 Å². The number of fused-ring (bicyclic) bond motifs is 1. The minimum atomic E-state index is 0. The van der Waals surface area contributed by atoms with E-state index in [-0.39, 0.29) is 24.8 Å². The van der Waals surface area contributed by atoms with E-state index in [0.717, 1.165) is 48.1 Å². The van der Waals surface area contributed by atoms with Gasteiger partial charge < -0.3 is 14.8 Å². The van der Waals surface area contributed by atoms with Gasteiger partial charge in [0.05, 0.1) is 0 Å². The lowest BCUT2D eigenvalue weighted by molar-refractivity contribution is 0.125. The fraction of sp³-hybridized carbons (Fsp3) is 0.647. The molecule has 7 heteroatoms. The number of halogens is 3. The minimum Gasteiger partial charge on any atom is -0.454 e. The van der Waals surface area contributed by atoms with Gasteiger partial charge in [-0.15, -0.1) is 24.8 Å². The summed E-state index contributed by atoms with van der Waals surface area (Å²) >= 11 is 3.79. The van der Waals surface area contributed by atoms with Crippen LogP contribution in [0.5, 0.6) is 11.5 Å². The molecule has 3 aliphatic rings. The summed E-state index contributed by atoms with van der Waals surface area (Å²) in [4.78, 5) is 2.66. The van der Waals surface area contributed by atoms with Gasteiger partial charge in [-0.1, -0.05) is 28.8 Å². The summed E-state index contributed by atoms with van der Waals surface area (Å²) in [7, 11) is 0. The molecule has 4 nitrogen and oxygen atoms in total. The van der Waals surface area contributed by atoms with Crippen LogP contribution < -0.4 is 14.8 Å². The third-order valence-electron chi connectivity index (χ3n) is 5.20. The van der Waals surface area contributed by atoms with E-state index in [9.17, 15) is 0 Å². The van der Waals surface area contributed by atoms with Gasteiger partial charge in [0.1, 0.15) is 0 Å². The van der Waals surface area contributed by atoms with Crippen LogP contribution in [-0.4, -0.2) is 37.9 Å². The summed E-state index contributed by atoms with van der Waals surface area (Å²) < 4.78 is 12.3. The Labute approximate surface area is 164 Å². The Morgan fingerprint density at radius 3 is 2.33 bits per heavy atom. The molecule has 1 aromatic rings. The molecule has 0 amide bonds. The third-order valence-corrected chi connectivity index (χ3v) is 5.89. The van der Waals surface area contributed by atoms with E-state index in [4.69, 9.17) is 9.47 Å². The Morgan fingerprint density at radius 2 is 1.67 bits per heavy atom. The summed E-state index contributed by atoms with van der Waals surface area (Å²) in [6.45, 7) is 4.77. The number of hydrogen-bond donors (Lipinski definition) is 1. The molecule has 2 aliphatic heterocycles. The molecule has 1 N–H and O–H groups in total. The van der Waals surface area contributed by atoms with Gasteiger partial charge in [-0.05, 0) is 36.5 Å². The first-order chi connectivity index (χ1) is 10.8. The molecule has 1 aliphatic carbocycles. The van der Waals surface area contributed by atoms with Crippen LogP contribution in [0.3, 0.4) is 0 Å². The maximum absolute atomic E-state index is 5.62. The van der Waals surface area contributed by atoms with Crippen LogP contribution in [0.1, 0.15) is 37.3 Å². The van der Waals surface area contributed by atoms with Crippen molar-refractivity contribution in [2.45, 2.75) is 31.7 Å². The monoisotopic (exact) mass is 438 g/mol. The first-order valence-electron chi connectivity index (χ1n) is 8.37. The lowest BCUT2D eigenvalue weighted by atomic mass is 9.89. The molecule has 2 fully saturated rings. The highest BCUT2D eigenvalue weighted by Gasteiger charge is 2.34. The molecule has 1 saturated heterocycles. The van der Waals surface area contributed by atoms with Gasteiger partial charge in [-0.2, -0.15) is 0 Å². The lowest BCUT2D eigenvalue weighted by Gasteiger charge is -2.39. The molecule has 0 radical (unpaired) electrons. The zero-order chi connectivity index (χ0) is 14.9. The number of piperazine rings is 1. The SMILES string of the molecule is Brc1cc2c(cc1[C@@H](C1CCCC1)N1CCNCC1)OCO2.Cl.Cl. The molecule has 2 heterocycles. The van der Waals surface area contributed by atoms with E-state index in [0.29, 0.717) is 12.8 Å². The number of hydrogen-bond acceptors (Lipinski definition) is 4. The van der Waals surface area contributed by atoms with Crippen LogP contribution >= 0.6 is 40.7 Å². The highest BCUT2D eigenvalue weighted by atomic mass is 79.9. The van der Waals surface area contributed by atoms with E-state index in [1.807, 2.05) is 0 Å². The first-order valence-corrected chi connectivity index (χ1v) is 9.16. The topological polar surface area (TPSA) is 33.7 Å². The van der Waals surface area contributed by atoms with Gasteiger partial charge in [-0.3, -0.25) is 4.90 Å². The van der Waals surface area contributed by atoms with Crippen molar-refractivity contribution < 1.29 is 9.47 Å². The average Bonchev–Trinajstić information content (AvgIpc) is 3.20. The Bertz CT molecular complexity index is 550. The van der Waals surface area contributed by atoms with Crippen molar-refractivity contribution in [3.05, 3.63) is 22.2 Å². The second-order valence-corrected chi connectivity index (χ2v) is 7.36. The standard InChI is InChI=1S/C17H23BrN2O2.2ClH/c18-14-10-16-15(21-11-22-16)9-13(14)17(12-3-1-2-4-12)20-7-5-19-6-8-20;;/h9-10,12,17,19H,1-8,11H2;2*1H/t17-;;/m1../s1. The fourth-order valence-electron chi connectivity index (χ4n) is 4.14. The Morgan fingerprint density at radius 1 is 1.04 bits per heavy atom. The third kappa shape index (κ3) is 3.96. The predicted octanol–water partition coefficient (Wildman–Crippen LogP) is 4.16. The van der Waals surface area contributed by atoms with E-state index in [1.165, 1.54) is 31.2 Å². The first kappa shape index (κ1) is 20.1. The van der Waals surface area contributed by atoms with E-state index in [2.05, 4.69) is 38.3 Å². The van der Waals surface area contributed by atoms with Gasteiger partial charge in [-0.25, -0.2) is 0 Å². The summed E-state index contributed by atoms with van der Waals surface area (Å²) in [5, 5.41) is 3.47.